The van der Waals surface area contributed by atoms with Crippen LogP contribution in [0.25, 0.3) is 17.1 Å². The number of aromatic hydroxyl groups is 2. The van der Waals surface area contributed by atoms with Gasteiger partial charge in [-0.1, -0.05) is 82.3 Å². The van der Waals surface area contributed by atoms with Gasteiger partial charge in [-0.3, -0.25) is 19.5 Å². The molecule has 2 fully saturated rings. The molecule has 0 bridgehead atoms. The first-order valence-corrected chi connectivity index (χ1v) is 24.5. The number of hydrogen-bond acceptors (Lipinski definition) is 12. The van der Waals surface area contributed by atoms with Crippen molar-refractivity contribution in [2.45, 2.75) is 109 Å². The molecule has 5 N–H and O–H groups in total. The van der Waals surface area contributed by atoms with E-state index >= 15 is 0 Å². The predicted molar refractivity (Wildman–Crippen MR) is 271 cm³/mol. The van der Waals surface area contributed by atoms with E-state index in [2.05, 4.69) is 44.2 Å². The first-order valence-electron chi connectivity index (χ1n) is 24.5. The number of piperazine rings is 1. The third-order valence-corrected chi connectivity index (χ3v) is 14.1. The Labute approximate surface area is 415 Å². The van der Waals surface area contributed by atoms with Gasteiger partial charge in [0.05, 0.1) is 35.2 Å². The van der Waals surface area contributed by atoms with Crippen LogP contribution in [-0.2, 0) is 27.9 Å². The van der Waals surface area contributed by atoms with E-state index in [4.69, 9.17) is 9.31 Å². The normalized spacial score (nSPS) is 18.5. The molecular formula is C54H65BN8O8. The summed E-state index contributed by atoms with van der Waals surface area (Å²) < 4.78 is 15.1. The van der Waals surface area contributed by atoms with Gasteiger partial charge < -0.3 is 34.8 Å². The van der Waals surface area contributed by atoms with E-state index in [0.29, 0.717) is 74.4 Å². The first kappa shape index (κ1) is 50.7. The Bertz CT molecular complexity index is 2830. The van der Waals surface area contributed by atoms with E-state index in [1.54, 1.807) is 6.07 Å². The van der Waals surface area contributed by atoms with Crippen LogP contribution in [0, 0.1) is 5.92 Å². The Morgan fingerprint density at radius 2 is 1.55 bits per heavy atom. The molecule has 4 heterocycles. The van der Waals surface area contributed by atoms with Crippen LogP contribution in [0.5, 0.6) is 11.5 Å². The number of nitrogens with zero attached hydrogens (tertiary/aromatic N) is 6. The lowest BCUT2D eigenvalue weighted by Crippen LogP contribution is -2.48. The van der Waals surface area contributed by atoms with E-state index in [1.807, 2.05) is 118 Å². The van der Waals surface area contributed by atoms with Crippen LogP contribution >= 0.6 is 0 Å². The van der Waals surface area contributed by atoms with E-state index in [1.165, 1.54) is 29.2 Å². The number of phenolic OH excluding ortho intramolecular Hbond substituents is 2. The van der Waals surface area contributed by atoms with Crippen molar-refractivity contribution in [1.29, 1.82) is 0 Å². The molecule has 0 spiro atoms. The summed E-state index contributed by atoms with van der Waals surface area (Å²) in [5.41, 5.74) is 3.04. The predicted octanol–water partition coefficient (Wildman–Crippen LogP) is 7.25. The molecule has 2 aromatic heterocycles. The fraction of sp³-hybridized carbons (Fsp3) is 0.407. The maximum atomic E-state index is 13.9. The molecule has 4 atom stereocenters. The first-order chi connectivity index (χ1) is 33.9. The zero-order chi connectivity index (χ0) is 50.6. The smallest absolute Gasteiger partial charge is 0.461 e. The molecular weight excluding hydrogens is 899 g/mol. The van der Waals surface area contributed by atoms with Crippen LogP contribution in [0.15, 0.2) is 114 Å². The Kier molecular flexibility index (Phi) is 15.3. The van der Waals surface area contributed by atoms with Gasteiger partial charge in [0.1, 0.15) is 22.8 Å². The summed E-state index contributed by atoms with van der Waals surface area (Å²) in [5.74, 6) is -0.404. The number of phenols is 2. The van der Waals surface area contributed by atoms with Gasteiger partial charge in [-0.25, -0.2) is 19.4 Å². The molecule has 6 aromatic rings. The van der Waals surface area contributed by atoms with Crippen molar-refractivity contribution < 1.29 is 34.2 Å². The number of carbonyl (C=O) groups is 2. The van der Waals surface area contributed by atoms with Gasteiger partial charge in [-0.05, 0) is 110 Å². The SMILES string of the molecule is CC(C)C[C@H](CC(O)[C@H](Cc1ccccc1)NC(=O)c1cnccn1)B1OC(C)(C)C(C)(c2ccc(C(=O)N3CCN(Cc4ccc(-n5c(-c6cc(C(C)C)c(O)cc6O)n[nH]c5=O)cc4)CC3)cc2)O1. The Morgan fingerprint density at radius 1 is 0.845 bits per heavy atom. The quantitative estimate of drug-likeness (QED) is 0.0573. The number of H-pyrrole nitrogens is 1. The van der Waals surface area contributed by atoms with Gasteiger partial charge in [-0.15, -0.1) is 0 Å². The largest absolute Gasteiger partial charge is 0.508 e. The van der Waals surface area contributed by atoms with Gasteiger partial charge in [0.25, 0.3) is 11.8 Å². The summed E-state index contributed by atoms with van der Waals surface area (Å²) in [5, 5.41) is 42.8. The number of rotatable bonds is 17. The van der Waals surface area contributed by atoms with Gasteiger partial charge in [0.2, 0.25) is 0 Å². The van der Waals surface area contributed by atoms with Crippen LogP contribution in [0.2, 0.25) is 5.82 Å². The second-order valence-electron chi connectivity index (χ2n) is 20.3. The lowest BCUT2D eigenvalue weighted by molar-refractivity contribution is -0.0133. The van der Waals surface area contributed by atoms with Crippen LogP contribution in [0.3, 0.4) is 0 Å². The number of amides is 2. The Hall–Kier alpha value is -6.66. The third kappa shape index (κ3) is 11.3. The molecule has 16 nitrogen and oxygen atoms in total. The molecule has 8 rings (SSSR count). The van der Waals surface area contributed by atoms with Crippen LogP contribution < -0.4 is 11.0 Å². The highest BCUT2D eigenvalue weighted by molar-refractivity contribution is 6.47. The molecule has 2 unspecified atom stereocenters. The lowest BCUT2D eigenvalue weighted by Gasteiger charge is -2.37. The molecule has 2 aliphatic heterocycles. The molecule has 2 amide bonds. The average molecular weight is 965 g/mol. The zero-order valence-electron chi connectivity index (χ0n) is 41.6. The van der Waals surface area contributed by atoms with Crippen LogP contribution in [0.1, 0.15) is 110 Å². The minimum absolute atomic E-state index is 0.0185. The van der Waals surface area contributed by atoms with Crippen molar-refractivity contribution in [2.75, 3.05) is 26.2 Å². The second kappa shape index (κ2) is 21.4. The Balaban J connectivity index is 0.888. The number of nitrogens with one attached hydrogen (secondary N) is 2. The third-order valence-electron chi connectivity index (χ3n) is 14.1. The number of aromatic nitrogens is 5. The number of carbonyl (C=O) groups excluding carboxylic acids is 2. The topological polar surface area (TPSA) is 208 Å². The summed E-state index contributed by atoms with van der Waals surface area (Å²) in [6.45, 7) is 17.3. The fourth-order valence-electron chi connectivity index (χ4n) is 9.80. The standard InChI is InChI=1S/C54H65BN8O8/c1-34(2)27-40(29-48(66)44(28-36-11-9-8-10-12-36)58-50(67)45-32-56-21-22-57-45)55-70-53(5,6)54(7,71-55)39-17-15-38(16-18-39)51(68)62-25-23-61(24-26-62)33-37-13-19-41(20-14-37)63-49(59-60-52(63)69)43-30-42(35(3)4)46(64)31-47(43)65/h8-22,30-32,34-35,40,44,48,64-66H,23-29,33H2,1-7H3,(H,58,67)(H,60,69)/t40-,44+,48?,54?/m1/s1. The zero-order valence-corrected chi connectivity index (χ0v) is 41.6. The number of aliphatic hydroxyl groups is 1. The van der Waals surface area contributed by atoms with Crippen molar-refractivity contribution in [2.24, 2.45) is 5.92 Å². The molecule has 0 saturated carbocycles. The molecule has 71 heavy (non-hydrogen) atoms. The summed E-state index contributed by atoms with van der Waals surface area (Å²) in [6, 6.07) is 27.3. The highest BCUT2D eigenvalue weighted by atomic mass is 16.7. The molecule has 17 heteroatoms. The van der Waals surface area contributed by atoms with Crippen molar-refractivity contribution in [3.63, 3.8) is 0 Å². The van der Waals surface area contributed by atoms with E-state index < -0.39 is 42.1 Å². The Morgan fingerprint density at radius 3 is 2.20 bits per heavy atom. The molecule has 2 aliphatic rings. The van der Waals surface area contributed by atoms with Gasteiger partial charge in [0, 0.05) is 56.7 Å². The average Bonchev–Trinajstić information content (AvgIpc) is 3.86. The van der Waals surface area contributed by atoms with Crippen LogP contribution in [0.4, 0.5) is 0 Å². The van der Waals surface area contributed by atoms with Gasteiger partial charge in [0.15, 0.2) is 5.82 Å². The minimum atomic E-state index is -0.939. The van der Waals surface area contributed by atoms with Crippen molar-refractivity contribution >= 4 is 18.9 Å². The van der Waals surface area contributed by atoms with Crippen molar-refractivity contribution in [1.82, 2.24) is 39.8 Å². The van der Waals surface area contributed by atoms with Crippen molar-refractivity contribution in [3.05, 3.63) is 154 Å². The number of aliphatic hydroxyl groups excluding tert-OH is 1. The molecule has 2 saturated heterocycles. The van der Waals surface area contributed by atoms with Gasteiger partial charge in [-0.2, -0.15) is 5.10 Å². The van der Waals surface area contributed by atoms with Gasteiger partial charge >= 0.3 is 12.8 Å². The molecule has 0 radical (unpaired) electrons. The summed E-state index contributed by atoms with van der Waals surface area (Å²) in [7, 11) is -0.658. The monoisotopic (exact) mass is 965 g/mol. The highest BCUT2D eigenvalue weighted by Gasteiger charge is 2.57. The van der Waals surface area contributed by atoms with Crippen molar-refractivity contribution in [3.8, 4) is 28.6 Å². The van der Waals surface area contributed by atoms with E-state index in [9.17, 15) is 29.7 Å². The molecule has 0 aliphatic carbocycles. The summed E-state index contributed by atoms with van der Waals surface area (Å²) in [4.78, 5) is 52.6. The molecule has 372 valence electrons. The van der Waals surface area contributed by atoms with E-state index in [-0.39, 0.29) is 46.6 Å². The number of aromatic amines is 1. The van der Waals surface area contributed by atoms with Crippen LogP contribution in [-0.4, -0.2) is 113 Å². The maximum absolute atomic E-state index is 13.9. The minimum Gasteiger partial charge on any atom is -0.508 e. The molecule has 4 aromatic carbocycles. The summed E-state index contributed by atoms with van der Waals surface area (Å²) in [6.07, 6.45) is 4.87. The lowest BCUT2D eigenvalue weighted by atomic mass is 9.65. The van der Waals surface area contributed by atoms with E-state index in [0.717, 1.165) is 16.7 Å². The summed E-state index contributed by atoms with van der Waals surface area (Å²) >= 11 is 0. The number of benzene rings is 4. The second-order valence-corrected chi connectivity index (χ2v) is 20.3. The fourth-order valence-corrected chi connectivity index (χ4v) is 9.80. The number of hydrogen-bond donors (Lipinski definition) is 5. The highest BCUT2D eigenvalue weighted by Crippen LogP contribution is 2.49. The maximum Gasteiger partial charge on any atom is 0.461 e.